The third kappa shape index (κ3) is 2.75. The molecule has 0 unspecified atom stereocenters. The van der Waals surface area contributed by atoms with Crippen molar-refractivity contribution in [3.8, 4) is 5.75 Å². The Bertz CT molecular complexity index is 899. The molecule has 1 heterocycles. The first-order valence-electron chi connectivity index (χ1n) is 6.79. The van der Waals surface area contributed by atoms with E-state index < -0.39 is 17.6 Å². The first-order chi connectivity index (χ1) is 11.0. The standard InChI is InChI=1S/C17H12F2O4/c1-9-15(17(20)21)12-7-11(5-6-14(12)23-9)22-8-10-3-2-4-13(18)16(10)19/h2-7H,8H2,1H3,(H,20,21). The lowest BCUT2D eigenvalue weighted by atomic mass is 10.1. The van der Waals surface area contributed by atoms with Crippen LogP contribution in [-0.4, -0.2) is 11.1 Å². The maximum atomic E-state index is 13.6. The summed E-state index contributed by atoms with van der Waals surface area (Å²) in [4.78, 5) is 11.3. The van der Waals surface area contributed by atoms with Crippen LogP contribution in [0.25, 0.3) is 11.0 Å². The molecular formula is C17H12F2O4. The Morgan fingerprint density at radius 3 is 2.78 bits per heavy atom. The second-order valence-corrected chi connectivity index (χ2v) is 5.00. The maximum Gasteiger partial charge on any atom is 0.339 e. The fourth-order valence-electron chi connectivity index (χ4n) is 2.38. The molecule has 2 aromatic carbocycles. The van der Waals surface area contributed by atoms with Crippen LogP contribution >= 0.6 is 0 Å². The molecule has 0 radical (unpaired) electrons. The molecule has 3 rings (SSSR count). The first kappa shape index (κ1) is 15.0. The summed E-state index contributed by atoms with van der Waals surface area (Å²) in [5, 5.41) is 9.62. The van der Waals surface area contributed by atoms with Crippen molar-refractivity contribution in [3.05, 3.63) is 64.9 Å². The van der Waals surface area contributed by atoms with Gasteiger partial charge >= 0.3 is 5.97 Å². The van der Waals surface area contributed by atoms with E-state index in [0.29, 0.717) is 22.5 Å². The molecule has 3 aromatic rings. The minimum Gasteiger partial charge on any atom is -0.489 e. The number of benzene rings is 2. The van der Waals surface area contributed by atoms with Gasteiger partial charge in [-0.2, -0.15) is 0 Å². The Balaban J connectivity index is 1.90. The van der Waals surface area contributed by atoms with Crippen molar-refractivity contribution in [2.24, 2.45) is 0 Å². The number of carboxylic acids is 1. The van der Waals surface area contributed by atoms with E-state index in [9.17, 15) is 18.7 Å². The molecule has 0 fully saturated rings. The summed E-state index contributed by atoms with van der Waals surface area (Å²) in [6.07, 6.45) is 0. The summed E-state index contributed by atoms with van der Waals surface area (Å²) in [6, 6.07) is 8.49. The number of halogens is 2. The highest BCUT2D eigenvalue weighted by Gasteiger charge is 2.18. The Kier molecular flexibility index (Phi) is 3.73. The van der Waals surface area contributed by atoms with E-state index in [0.717, 1.165) is 6.07 Å². The smallest absolute Gasteiger partial charge is 0.339 e. The molecule has 4 nitrogen and oxygen atoms in total. The number of carbonyl (C=O) groups is 1. The number of fused-ring (bicyclic) bond motifs is 1. The number of furan rings is 1. The van der Waals surface area contributed by atoms with Crippen LogP contribution in [0.2, 0.25) is 0 Å². The monoisotopic (exact) mass is 318 g/mol. The third-order valence-electron chi connectivity index (χ3n) is 3.48. The van der Waals surface area contributed by atoms with Crippen LogP contribution in [0.4, 0.5) is 8.78 Å². The lowest BCUT2D eigenvalue weighted by Gasteiger charge is -2.07. The zero-order valence-corrected chi connectivity index (χ0v) is 12.1. The number of hydrogen-bond donors (Lipinski definition) is 1. The number of ether oxygens (including phenoxy) is 1. The van der Waals surface area contributed by atoms with Crippen molar-refractivity contribution >= 4 is 16.9 Å². The number of carboxylic acid groups (broad SMARTS) is 1. The van der Waals surface area contributed by atoms with Crippen molar-refractivity contribution < 1.29 is 27.8 Å². The second kappa shape index (κ2) is 5.72. The summed E-state index contributed by atoms with van der Waals surface area (Å²) in [5.74, 6) is -2.38. The van der Waals surface area contributed by atoms with Crippen molar-refractivity contribution in [1.29, 1.82) is 0 Å². The molecule has 0 amide bonds. The Morgan fingerprint density at radius 2 is 2.04 bits per heavy atom. The molecule has 118 valence electrons. The molecule has 0 bridgehead atoms. The van der Waals surface area contributed by atoms with E-state index in [-0.39, 0.29) is 17.7 Å². The van der Waals surface area contributed by atoms with Crippen LogP contribution in [0.5, 0.6) is 5.75 Å². The Hall–Kier alpha value is -2.89. The Labute approximate surface area is 129 Å². The van der Waals surface area contributed by atoms with Gasteiger partial charge in [-0.05, 0) is 31.2 Å². The molecule has 1 N–H and O–H groups in total. The normalized spacial score (nSPS) is 10.9. The van der Waals surface area contributed by atoms with E-state index >= 15 is 0 Å². The number of aromatic carboxylic acids is 1. The fourth-order valence-corrected chi connectivity index (χ4v) is 2.38. The predicted octanol–water partition coefficient (Wildman–Crippen LogP) is 4.30. The van der Waals surface area contributed by atoms with E-state index in [2.05, 4.69) is 0 Å². The average Bonchev–Trinajstić information content (AvgIpc) is 2.84. The molecule has 6 heteroatoms. The lowest BCUT2D eigenvalue weighted by molar-refractivity contribution is 0.0697. The van der Waals surface area contributed by atoms with Gasteiger partial charge in [-0.1, -0.05) is 12.1 Å². The zero-order chi connectivity index (χ0) is 16.6. The zero-order valence-electron chi connectivity index (χ0n) is 12.1. The first-order valence-corrected chi connectivity index (χ1v) is 6.79. The van der Waals surface area contributed by atoms with Gasteiger partial charge in [-0.25, -0.2) is 13.6 Å². The van der Waals surface area contributed by atoms with E-state index in [1.165, 1.54) is 18.2 Å². The van der Waals surface area contributed by atoms with Gasteiger partial charge in [0.2, 0.25) is 0 Å². The van der Waals surface area contributed by atoms with Gasteiger partial charge in [0.15, 0.2) is 11.6 Å². The van der Waals surface area contributed by atoms with Gasteiger partial charge in [0.25, 0.3) is 0 Å². The van der Waals surface area contributed by atoms with Crippen molar-refractivity contribution in [2.75, 3.05) is 0 Å². The van der Waals surface area contributed by atoms with Crippen LogP contribution in [-0.2, 0) is 6.61 Å². The Morgan fingerprint density at radius 1 is 1.26 bits per heavy atom. The number of hydrogen-bond acceptors (Lipinski definition) is 3. The average molecular weight is 318 g/mol. The molecule has 0 aliphatic carbocycles. The molecule has 0 saturated carbocycles. The van der Waals surface area contributed by atoms with E-state index in [4.69, 9.17) is 9.15 Å². The molecule has 0 aliphatic heterocycles. The summed E-state index contributed by atoms with van der Waals surface area (Å²) in [6.45, 7) is 1.39. The number of aryl methyl sites for hydroxylation is 1. The molecule has 0 atom stereocenters. The molecule has 0 saturated heterocycles. The molecule has 23 heavy (non-hydrogen) atoms. The minimum absolute atomic E-state index is 0.0578. The van der Waals surface area contributed by atoms with Crippen molar-refractivity contribution in [1.82, 2.24) is 0 Å². The van der Waals surface area contributed by atoms with E-state index in [1.54, 1.807) is 19.1 Å². The highest BCUT2D eigenvalue weighted by atomic mass is 19.2. The molecule has 0 spiro atoms. The highest BCUT2D eigenvalue weighted by molar-refractivity contribution is 6.03. The van der Waals surface area contributed by atoms with Crippen molar-refractivity contribution in [3.63, 3.8) is 0 Å². The molecule has 1 aromatic heterocycles. The minimum atomic E-state index is -1.10. The SMILES string of the molecule is Cc1oc2ccc(OCc3cccc(F)c3F)cc2c1C(=O)O. The highest BCUT2D eigenvalue weighted by Crippen LogP contribution is 2.29. The third-order valence-corrected chi connectivity index (χ3v) is 3.48. The van der Waals surface area contributed by atoms with Gasteiger partial charge in [0, 0.05) is 10.9 Å². The van der Waals surface area contributed by atoms with Gasteiger partial charge in [0.1, 0.15) is 29.3 Å². The molecule has 0 aliphatic rings. The number of rotatable bonds is 4. The van der Waals surface area contributed by atoms with E-state index in [1.807, 2.05) is 0 Å². The largest absolute Gasteiger partial charge is 0.489 e. The summed E-state index contributed by atoms with van der Waals surface area (Å²) in [5.41, 5.74) is 0.554. The van der Waals surface area contributed by atoms with Crippen LogP contribution in [0.1, 0.15) is 21.7 Å². The maximum absolute atomic E-state index is 13.6. The second-order valence-electron chi connectivity index (χ2n) is 5.00. The summed E-state index contributed by atoms with van der Waals surface area (Å²) < 4.78 is 37.5. The van der Waals surface area contributed by atoms with Gasteiger partial charge in [-0.3, -0.25) is 0 Å². The quantitative estimate of drug-likeness (QED) is 0.779. The van der Waals surface area contributed by atoms with Crippen LogP contribution in [0.3, 0.4) is 0 Å². The predicted molar refractivity (Wildman–Crippen MR) is 78.6 cm³/mol. The fraction of sp³-hybridized carbons (Fsp3) is 0.118. The van der Waals surface area contributed by atoms with Gasteiger partial charge in [-0.15, -0.1) is 0 Å². The summed E-state index contributed by atoms with van der Waals surface area (Å²) >= 11 is 0. The van der Waals surface area contributed by atoms with Crippen LogP contribution in [0, 0.1) is 18.6 Å². The van der Waals surface area contributed by atoms with Gasteiger partial charge in [0.05, 0.1) is 0 Å². The van der Waals surface area contributed by atoms with Crippen LogP contribution in [0.15, 0.2) is 40.8 Å². The van der Waals surface area contributed by atoms with Crippen molar-refractivity contribution in [2.45, 2.75) is 13.5 Å². The van der Waals surface area contributed by atoms with Crippen LogP contribution < -0.4 is 4.74 Å². The van der Waals surface area contributed by atoms with Gasteiger partial charge < -0.3 is 14.3 Å². The summed E-state index contributed by atoms with van der Waals surface area (Å²) in [7, 11) is 0. The molecular weight excluding hydrogens is 306 g/mol. The topological polar surface area (TPSA) is 59.7 Å². The lowest BCUT2D eigenvalue weighted by Crippen LogP contribution is -2.00.